The van der Waals surface area contributed by atoms with Crippen molar-refractivity contribution in [3.05, 3.63) is 63.1 Å². The quantitative estimate of drug-likeness (QED) is 0.491. The molecule has 0 saturated carbocycles. The lowest BCUT2D eigenvalue weighted by molar-refractivity contribution is -0.139. The van der Waals surface area contributed by atoms with Crippen LogP contribution in [-0.2, 0) is 26.2 Å². The average molecular weight is 535 g/mol. The van der Waals surface area contributed by atoms with Crippen LogP contribution in [0.5, 0.6) is 0 Å². The summed E-state index contributed by atoms with van der Waals surface area (Å²) in [7, 11) is -3.88. The zero-order chi connectivity index (χ0) is 24.8. The Bertz CT molecular complexity index is 1090. The molecule has 0 aliphatic heterocycles. The number of hydrogen-bond donors (Lipinski definition) is 1. The molecule has 180 valence electrons. The topological polar surface area (TPSA) is 86.8 Å². The third-order valence-corrected chi connectivity index (χ3v) is 6.78. The molecule has 1 unspecified atom stereocenters. The van der Waals surface area contributed by atoms with Gasteiger partial charge in [0, 0.05) is 28.2 Å². The van der Waals surface area contributed by atoms with E-state index in [0.717, 1.165) is 17.0 Å². The molecule has 0 aliphatic rings. The van der Waals surface area contributed by atoms with Gasteiger partial charge in [-0.1, -0.05) is 59.9 Å². The number of carbonyl (C=O) groups excluding carboxylic acids is 2. The molecule has 0 aromatic heterocycles. The standard InChI is InChI=1S/C22H26Cl3N3O4S/c1-4-9-26-22(30)15(2)27(13-16-7-5-6-8-20(16)25)21(29)14-28(33(3,31)32)19-11-17(23)10-18(24)12-19/h5-8,10-12,15H,4,9,13-14H2,1-3H3,(H,26,30). The molecular formula is C22H26Cl3N3O4S. The van der Waals surface area contributed by atoms with E-state index in [0.29, 0.717) is 17.1 Å². The highest BCUT2D eigenvalue weighted by atomic mass is 35.5. The first-order valence-electron chi connectivity index (χ1n) is 10.2. The smallest absolute Gasteiger partial charge is 0.244 e. The van der Waals surface area contributed by atoms with Gasteiger partial charge in [-0.15, -0.1) is 0 Å². The van der Waals surface area contributed by atoms with Gasteiger partial charge >= 0.3 is 0 Å². The Balaban J connectivity index is 2.42. The molecule has 2 aromatic carbocycles. The highest BCUT2D eigenvalue weighted by molar-refractivity contribution is 7.92. The lowest BCUT2D eigenvalue weighted by Gasteiger charge is -2.31. The van der Waals surface area contributed by atoms with E-state index in [-0.39, 0.29) is 28.2 Å². The number of hydrogen-bond acceptors (Lipinski definition) is 4. The molecule has 0 spiro atoms. The van der Waals surface area contributed by atoms with Crippen molar-refractivity contribution in [2.45, 2.75) is 32.9 Å². The molecule has 1 atom stereocenters. The van der Waals surface area contributed by atoms with Gasteiger partial charge < -0.3 is 10.2 Å². The van der Waals surface area contributed by atoms with Crippen molar-refractivity contribution in [3.8, 4) is 0 Å². The molecule has 2 amide bonds. The van der Waals surface area contributed by atoms with Crippen LogP contribution in [0, 0.1) is 0 Å². The molecule has 1 N–H and O–H groups in total. The summed E-state index contributed by atoms with van der Waals surface area (Å²) in [6, 6.07) is 10.3. The second-order valence-corrected chi connectivity index (χ2v) is 10.7. The number of carbonyl (C=O) groups is 2. The molecule has 0 bridgehead atoms. The highest BCUT2D eigenvalue weighted by Gasteiger charge is 2.30. The van der Waals surface area contributed by atoms with Crippen LogP contribution < -0.4 is 9.62 Å². The zero-order valence-electron chi connectivity index (χ0n) is 18.5. The number of sulfonamides is 1. The molecule has 0 aliphatic carbocycles. The first kappa shape index (κ1) is 27.2. The van der Waals surface area contributed by atoms with Gasteiger partial charge in [0.25, 0.3) is 0 Å². The Morgan fingerprint density at radius 3 is 2.21 bits per heavy atom. The number of anilines is 1. The summed E-state index contributed by atoms with van der Waals surface area (Å²) in [4.78, 5) is 27.4. The normalized spacial score (nSPS) is 12.2. The molecule has 0 heterocycles. The van der Waals surface area contributed by atoms with E-state index >= 15 is 0 Å². The van der Waals surface area contributed by atoms with Gasteiger partial charge in [-0.3, -0.25) is 13.9 Å². The Morgan fingerprint density at radius 1 is 1.06 bits per heavy atom. The first-order valence-corrected chi connectivity index (χ1v) is 13.2. The largest absolute Gasteiger partial charge is 0.354 e. The van der Waals surface area contributed by atoms with E-state index in [1.54, 1.807) is 31.2 Å². The summed E-state index contributed by atoms with van der Waals surface area (Å²) in [5.41, 5.74) is 0.767. The van der Waals surface area contributed by atoms with Gasteiger partial charge in [0.1, 0.15) is 12.6 Å². The van der Waals surface area contributed by atoms with Crippen LogP contribution >= 0.6 is 34.8 Å². The third-order valence-electron chi connectivity index (χ3n) is 4.83. The summed E-state index contributed by atoms with van der Waals surface area (Å²) in [5.74, 6) is -0.940. The minimum atomic E-state index is -3.88. The van der Waals surface area contributed by atoms with Crippen LogP contribution in [0.2, 0.25) is 15.1 Å². The minimum Gasteiger partial charge on any atom is -0.354 e. The fourth-order valence-corrected chi connectivity index (χ4v) is 4.63. The van der Waals surface area contributed by atoms with Crippen molar-refractivity contribution in [3.63, 3.8) is 0 Å². The number of rotatable bonds is 10. The van der Waals surface area contributed by atoms with E-state index < -0.39 is 28.5 Å². The maximum absolute atomic E-state index is 13.4. The van der Waals surface area contributed by atoms with E-state index in [1.165, 1.54) is 23.1 Å². The molecule has 11 heteroatoms. The minimum absolute atomic E-state index is 0.0210. The molecule has 7 nitrogen and oxygen atoms in total. The monoisotopic (exact) mass is 533 g/mol. The van der Waals surface area contributed by atoms with Crippen LogP contribution in [0.25, 0.3) is 0 Å². The van der Waals surface area contributed by atoms with Gasteiger partial charge in [-0.25, -0.2) is 8.42 Å². The third kappa shape index (κ3) is 7.78. The predicted octanol–water partition coefficient (Wildman–Crippen LogP) is 4.36. The summed E-state index contributed by atoms with van der Waals surface area (Å²) < 4.78 is 26.0. The van der Waals surface area contributed by atoms with Gasteiger partial charge in [0.2, 0.25) is 21.8 Å². The van der Waals surface area contributed by atoms with Crippen LogP contribution in [0.3, 0.4) is 0 Å². The lowest BCUT2D eigenvalue weighted by Crippen LogP contribution is -2.51. The Kier molecular flexibility index (Phi) is 9.84. The van der Waals surface area contributed by atoms with E-state index in [4.69, 9.17) is 34.8 Å². The van der Waals surface area contributed by atoms with Crippen molar-refractivity contribution in [2.75, 3.05) is 23.7 Å². The molecule has 2 rings (SSSR count). The Labute approximate surface area is 209 Å². The molecule has 2 aromatic rings. The van der Waals surface area contributed by atoms with Crippen molar-refractivity contribution < 1.29 is 18.0 Å². The number of halogens is 3. The lowest BCUT2D eigenvalue weighted by atomic mass is 10.1. The van der Waals surface area contributed by atoms with E-state index in [1.807, 2.05) is 6.92 Å². The fraction of sp³-hybridized carbons (Fsp3) is 0.364. The summed E-state index contributed by atoms with van der Waals surface area (Å²) in [5, 5.41) is 3.64. The first-order chi connectivity index (χ1) is 15.4. The highest BCUT2D eigenvalue weighted by Crippen LogP contribution is 2.27. The van der Waals surface area contributed by atoms with Crippen molar-refractivity contribution >= 4 is 62.3 Å². The maximum atomic E-state index is 13.4. The van der Waals surface area contributed by atoms with Crippen LogP contribution in [0.4, 0.5) is 5.69 Å². The summed E-state index contributed by atoms with van der Waals surface area (Å²) in [6.07, 6.45) is 1.71. The fourth-order valence-electron chi connectivity index (χ4n) is 3.09. The van der Waals surface area contributed by atoms with Crippen molar-refractivity contribution in [2.24, 2.45) is 0 Å². The number of amides is 2. The molecule has 33 heavy (non-hydrogen) atoms. The van der Waals surface area contributed by atoms with E-state index in [2.05, 4.69) is 5.32 Å². The van der Waals surface area contributed by atoms with Crippen molar-refractivity contribution in [1.82, 2.24) is 10.2 Å². The molecule has 0 fully saturated rings. The predicted molar refractivity (Wildman–Crippen MR) is 133 cm³/mol. The SMILES string of the molecule is CCCNC(=O)C(C)N(Cc1ccccc1Cl)C(=O)CN(c1cc(Cl)cc(Cl)c1)S(C)(=O)=O. The van der Waals surface area contributed by atoms with Gasteiger partial charge in [0.05, 0.1) is 11.9 Å². The maximum Gasteiger partial charge on any atom is 0.244 e. The van der Waals surface area contributed by atoms with E-state index in [9.17, 15) is 18.0 Å². The second-order valence-electron chi connectivity index (χ2n) is 7.48. The average Bonchev–Trinajstić information content (AvgIpc) is 2.73. The van der Waals surface area contributed by atoms with Gasteiger partial charge in [0.15, 0.2) is 0 Å². The number of nitrogens with zero attached hydrogens (tertiary/aromatic N) is 2. The van der Waals surface area contributed by atoms with Crippen molar-refractivity contribution in [1.29, 1.82) is 0 Å². The molecule has 0 radical (unpaired) electrons. The zero-order valence-corrected chi connectivity index (χ0v) is 21.6. The van der Waals surface area contributed by atoms with Gasteiger partial charge in [-0.05, 0) is 43.2 Å². The number of benzene rings is 2. The number of nitrogens with one attached hydrogen (secondary N) is 1. The molecular weight excluding hydrogens is 509 g/mol. The Morgan fingerprint density at radius 2 is 1.67 bits per heavy atom. The van der Waals surface area contributed by atoms with Gasteiger partial charge in [-0.2, -0.15) is 0 Å². The Hall–Kier alpha value is -2.00. The second kappa shape index (κ2) is 11.9. The van der Waals surface area contributed by atoms with Crippen LogP contribution in [-0.4, -0.2) is 50.5 Å². The summed E-state index contributed by atoms with van der Waals surface area (Å²) in [6.45, 7) is 3.42. The summed E-state index contributed by atoms with van der Waals surface area (Å²) >= 11 is 18.4. The van der Waals surface area contributed by atoms with Crippen LogP contribution in [0.1, 0.15) is 25.8 Å². The molecule has 0 saturated heterocycles. The van der Waals surface area contributed by atoms with Crippen LogP contribution in [0.15, 0.2) is 42.5 Å².